The van der Waals surface area contributed by atoms with Crippen LogP contribution in [0.2, 0.25) is 0 Å². The Bertz CT molecular complexity index is 2740. The lowest BCUT2D eigenvalue weighted by molar-refractivity contribution is -0.384. The van der Waals surface area contributed by atoms with E-state index in [0.29, 0.717) is 28.6 Å². The molecule has 9 aromatic rings. The molecule has 0 saturated carbocycles. The van der Waals surface area contributed by atoms with Crippen LogP contribution in [-0.4, -0.2) is 4.92 Å². The normalized spacial score (nSPS) is 11.3. The van der Waals surface area contributed by atoms with E-state index in [2.05, 4.69) is 0 Å². The topological polar surface area (TPSA) is 98.5 Å². The fourth-order valence-corrected chi connectivity index (χ4v) is 8.72. The van der Waals surface area contributed by atoms with E-state index >= 15 is 0 Å². The summed E-state index contributed by atoms with van der Waals surface area (Å²) in [6.07, 6.45) is 0. The summed E-state index contributed by atoms with van der Waals surface area (Å²) in [7, 11) is -4.37. The minimum atomic E-state index is -2.26. The van der Waals surface area contributed by atoms with Crippen LogP contribution in [0.1, 0.15) is 5.56 Å². The molecule has 0 spiro atoms. The average molecular weight is 802 g/mol. The summed E-state index contributed by atoms with van der Waals surface area (Å²) >= 11 is 0. The largest absolute Gasteiger partial charge is 0.530 e. The molecule has 0 radical (unpaired) electrons. The standard InChI is InChI=1S/C47H33NO8P2/c49-48(50)38-30-29-37(32-51-57(52-43-25-9-17-33-13-1-5-21-39(33)43)53-44-26-10-18-34-14-2-6-22-40(34)44)47(31-38)56-58(54-45-27-11-19-35-15-3-7-23-41(35)45)55-46-28-12-20-36-16-4-8-24-42(36)46/h1-31H,32H2. The van der Waals surface area contributed by atoms with Crippen molar-refractivity contribution in [3.8, 4) is 28.7 Å². The first-order valence-electron chi connectivity index (χ1n) is 18.4. The highest BCUT2D eigenvalue weighted by molar-refractivity contribution is 7.43. The summed E-state index contributed by atoms with van der Waals surface area (Å²) in [5, 5.41) is 19.6. The molecule has 9 aromatic carbocycles. The van der Waals surface area contributed by atoms with Gasteiger partial charge in [0, 0.05) is 33.2 Å². The molecule has 0 saturated heterocycles. The van der Waals surface area contributed by atoms with E-state index in [1.54, 1.807) is 6.07 Å². The van der Waals surface area contributed by atoms with Crippen LogP contribution in [0.25, 0.3) is 43.1 Å². The summed E-state index contributed by atoms with van der Waals surface area (Å²) in [6.45, 7) is -0.0970. The van der Waals surface area contributed by atoms with Gasteiger partial charge >= 0.3 is 17.2 Å². The lowest BCUT2D eigenvalue weighted by atomic mass is 10.1. The molecule has 0 N–H and O–H groups in total. The molecule has 0 heterocycles. The van der Waals surface area contributed by atoms with E-state index in [9.17, 15) is 10.1 Å². The van der Waals surface area contributed by atoms with Gasteiger partial charge in [0.15, 0.2) is 0 Å². The van der Waals surface area contributed by atoms with Crippen molar-refractivity contribution < 1.29 is 32.1 Å². The number of fused-ring (bicyclic) bond motifs is 4. The number of hydrogen-bond acceptors (Lipinski definition) is 8. The Morgan fingerprint density at radius 1 is 0.397 bits per heavy atom. The van der Waals surface area contributed by atoms with Crippen LogP contribution >= 0.6 is 17.2 Å². The summed E-state index contributed by atoms with van der Waals surface area (Å²) in [6, 6.07) is 58.9. The molecule has 9 rings (SSSR count). The van der Waals surface area contributed by atoms with Gasteiger partial charge in [0.2, 0.25) is 0 Å². The Kier molecular flexibility index (Phi) is 10.7. The van der Waals surface area contributed by atoms with Gasteiger partial charge in [-0.2, -0.15) is 0 Å². The third kappa shape index (κ3) is 8.06. The van der Waals surface area contributed by atoms with Crippen LogP contribution in [0.15, 0.2) is 188 Å². The van der Waals surface area contributed by atoms with E-state index in [0.717, 1.165) is 43.1 Å². The van der Waals surface area contributed by atoms with Crippen LogP contribution in [0.4, 0.5) is 5.69 Å². The number of non-ortho nitro benzene ring substituents is 1. The summed E-state index contributed by atoms with van der Waals surface area (Å²) in [5.41, 5.74) is 0.307. The number of hydrogen-bond donors (Lipinski definition) is 0. The van der Waals surface area contributed by atoms with Crippen molar-refractivity contribution in [2.45, 2.75) is 6.61 Å². The molecular formula is C47H33NO8P2. The molecule has 0 fully saturated rings. The van der Waals surface area contributed by atoms with Crippen LogP contribution in [0, 0.1) is 10.1 Å². The van der Waals surface area contributed by atoms with Crippen LogP contribution in [0.5, 0.6) is 28.7 Å². The highest BCUT2D eigenvalue weighted by atomic mass is 31.2. The van der Waals surface area contributed by atoms with Crippen molar-refractivity contribution in [3.05, 3.63) is 204 Å². The Balaban J connectivity index is 1.07. The summed E-state index contributed by atoms with van der Waals surface area (Å²) in [5.74, 6) is 2.37. The third-order valence-corrected chi connectivity index (χ3v) is 11.5. The number of nitro benzene ring substituents is 1. The zero-order valence-corrected chi connectivity index (χ0v) is 32.5. The molecule has 0 aromatic heterocycles. The molecule has 0 aliphatic heterocycles. The molecule has 284 valence electrons. The highest BCUT2D eigenvalue weighted by Crippen LogP contribution is 2.49. The molecule has 0 bridgehead atoms. The maximum absolute atomic E-state index is 12.1. The average Bonchev–Trinajstić information content (AvgIpc) is 3.26. The first-order chi connectivity index (χ1) is 28.6. The molecule has 9 nitrogen and oxygen atoms in total. The number of nitrogens with zero attached hydrogens (tertiary/aromatic N) is 1. The predicted molar refractivity (Wildman–Crippen MR) is 231 cm³/mol. The fourth-order valence-electron chi connectivity index (χ4n) is 6.61. The molecule has 0 amide bonds. The molecular weight excluding hydrogens is 768 g/mol. The second-order valence-electron chi connectivity index (χ2n) is 13.1. The first-order valence-corrected chi connectivity index (χ1v) is 20.6. The Morgan fingerprint density at radius 3 is 1.14 bits per heavy atom. The van der Waals surface area contributed by atoms with Gasteiger partial charge < -0.3 is 22.6 Å². The van der Waals surface area contributed by atoms with Gasteiger partial charge in [0.1, 0.15) is 28.7 Å². The van der Waals surface area contributed by atoms with Gasteiger partial charge in [0.25, 0.3) is 5.69 Å². The smallest absolute Gasteiger partial charge is 0.417 e. The quantitative estimate of drug-likeness (QED) is 0.0609. The Labute approximate surface area is 336 Å². The maximum Gasteiger partial charge on any atom is 0.530 e. The Hall–Kier alpha value is -6.76. The number of rotatable bonds is 14. The van der Waals surface area contributed by atoms with E-state index in [-0.39, 0.29) is 18.0 Å². The van der Waals surface area contributed by atoms with E-state index in [1.165, 1.54) is 12.1 Å². The third-order valence-electron chi connectivity index (χ3n) is 9.45. The van der Waals surface area contributed by atoms with Gasteiger partial charge in [-0.1, -0.05) is 146 Å². The number of benzene rings is 9. The lowest BCUT2D eigenvalue weighted by Gasteiger charge is -2.22. The van der Waals surface area contributed by atoms with Crippen LogP contribution in [-0.2, 0) is 11.1 Å². The van der Waals surface area contributed by atoms with Gasteiger partial charge in [0.05, 0.1) is 17.6 Å². The minimum absolute atomic E-state index is 0.0970. The lowest BCUT2D eigenvalue weighted by Crippen LogP contribution is -2.06. The summed E-state index contributed by atoms with van der Waals surface area (Å²) < 4.78 is 39.3. The van der Waals surface area contributed by atoms with Crippen molar-refractivity contribution in [1.82, 2.24) is 0 Å². The molecule has 58 heavy (non-hydrogen) atoms. The highest BCUT2D eigenvalue weighted by Gasteiger charge is 2.27. The van der Waals surface area contributed by atoms with E-state index in [4.69, 9.17) is 27.1 Å². The molecule has 0 unspecified atom stereocenters. The zero-order valence-electron chi connectivity index (χ0n) is 30.7. The zero-order chi connectivity index (χ0) is 39.3. The van der Waals surface area contributed by atoms with E-state index < -0.39 is 22.1 Å². The van der Waals surface area contributed by atoms with Gasteiger partial charge in [-0.15, -0.1) is 0 Å². The fraction of sp³-hybridized carbons (Fsp3) is 0.0213. The van der Waals surface area contributed by atoms with Crippen molar-refractivity contribution in [2.24, 2.45) is 0 Å². The van der Waals surface area contributed by atoms with Gasteiger partial charge in [-0.25, -0.2) is 0 Å². The van der Waals surface area contributed by atoms with Crippen molar-refractivity contribution in [1.29, 1.82) is 0 Å². The van der Waals surface area contributed by atoms with Crippen molar-refractivity contribution >= 4 is 66.0 Å². The monoisotopic (exact) mass is 801 g/mol. The van der Waals surface area contributed by atoms with Gasteiger partial charge in [-0.05, 0) is 51.9 Å². The first kappa shape index (κ1) is 36.9. The van der Waals surface area contributed by atoms with Crippen LogP contribution < -0.4 is 22.6 Å². The molecule has 0 aliphatic rings. The second kappa shape index (κ2) is 16.8. The minimum Gasteiger partial charge on any atom is -0.417 e. The molecule has 11 heteroatoms. The molecule has 0 aliphatic carbocycles. The van der Waals surface area contributed by atoms with E-state index in [1.807, 2.05) is 170 Å². The van der Waals surface area contributed by atoms with Gasteiger partial charge in [-0.3, -0.25) is 14.6 Å². The summed E-state index contributed by atoms with van der Waals surface area (Å²) in [4.78, 5) is 11.7. The SMILES string of the molecule is O=[N+]([O-])c1ccc(COP(Oc2cccc3ccccc23)Oc2cccc3ccccc23)c(OP(Oc2cccc3ccccc23)Oc2cccc3ccccc23)c1. The number of nitro groups is 1. The Morgan fingerprint density at radius 2 is 0.741 bits per heavy atom. The van der Waals surface area contributed by atoms with Crippen LogP contribution in [0.3, 0.4) is 0 Å². The maximum atomic E-state index is 12.1. The molecule has 0 atom stereocenters. The van der Waals surface area contributed by atoms with Crippen molar-refractivity contribution in [2.75, 3.05) is 0 Å². The predicted octanol–water partition coefficient (Wildman–Crippen LogP) is 13.9. The second-order valence-corrected chi connectivity index (χ2v) is 15.2. The van der Waals surface area contributed by atoms with Crippen molar-refractivity contribution in [3.63, 3.8) is 0 Å².